The number of aliphatic hydroxyl groups excluding tert-OH is 1. The van der Waals surface area contributed by atoms with Gasteiger partial charge in [-0.15, -0.1) is 0 Å². The van der Waals surface area contributed by atoms with Crippen LogP contribution in [-0.2, 0) is 13.5 Å². The predicted octanol–water partition coefficient (Wildman–Crippen LogP) is 1.49. The van der Waals surface area contributed by atoms with Crippen LogP contribution in [0, 0.1) is 5.41 Å². The molecular weight excluding hydrogens is 226 g/mol. The Bertz CT molecular complexity index is 356. The molecule has 0 atom stereocenters. The van der Waals surface area contributed by atoms with Crippen LogP contribution in [-0.4, -0.2) is 34.6 Å². The molecule has 1 fully saturated rings. The first-order chi connectivity index (χ1) is 8.76. The third-order valence-corrected chi connectivity index (χ3v) is 4.23. The molecular formula is C14H25N3O. The van der Waals surface area contributed by atoms with Crippen LogP contribution in [0.2, 0.25) is 0 Å². The maximum Gasteiger partial charge on any atom is 0.0499 e. The van der Waals surface area contributed by atoms with E-state index in [1.807, 2.05) is 17.9 Å². The standard InChI is InChI=1S/C14H25N3O/c1-17-13(6-10-16-17)5-9-15-11-14(12-18)7-3-2-4-8-14/h6,10,15,18H,2-5,7-9,11-12H2,1H3. The summed E-state index contributed by atoms with van der Waals surface area (Å²) in [7, 11) is 1.98. The lowest BCUT2D eigenvalue weighted by Gasteiger charge is -2.35. The first kappa shape index (κ1) is 13.6. The van der Waals surface area contributed by atoms with Gasteiger partial charge in [-0.3, -0.25) is 4.68 Å². The topological polar surface area (TPSA) is 50.1 Å². The second kappa shape index (κ2) is 6.34. The molecule has 0 amide bonds. The fourth-order valence-corrected chi connectivity index (χ4v) is 2.91. The molecule has 0 spiro atoms. The summed E-state index contributed by atoms with van der Waals surface area (Å²) in [6.45, 7) is 2.23. The Kier molecular flexibility index (Phi) is 4.78. The van der Waals surface area contributed by atoms with Gasteiger partial charge in [0.15, 0.2) is 0 Å². The molecule has 1 aromatic heterocycles. The van der Waals surface area contributed by atoms with Crippen molar-refractivity contribution in [2.75, 3.05) is 19.7 Å². The van der Waals surface area contributed by atoms with Crippen LogP contribution < -0.4 is 5.32 Å². The highest BCUT2D eigenvalue weighted by molar-refractivity contribution is 5.00. The predicted molar refractivity (Wildman–Crippen MR) is 72.4 cm³/mol. The Hall–Kier alpha value is -0.870. The molecule has 2 N–H and O–H groups in total. The van der Waals surface area contributed by atoms with Crippen LogP contribution in [0.3, 0.4) is 0 Å². The van der Waals surface area contributed by atoms with Crippen LogP contribution in [0.25, 0.3) is 0 Å². The second-order valence-corrected chi connectivity index (χ2v) is 5.59. The van der Waals surface area contributed by atoms with Crippen molar-refractivity contribution in [1.82, 2.24) is 15.1 Å². The first-order valence-corrected chi connectivity index (χ1v) is 7.04. The molecule has 0 aromatic carbocycles. The molecule has 1 saturated carbocycles. The minimum atomic E-state index is 0.144. The van der Waals surface area contributed by atoms with Crippen LogP contribution in [0.4, 0.5) is 0 Å². The highest BCUT2D eigenvalue weighted by atomic mass is 16.3. The fourth-order valence-electron chi connectivity index (χ4n) is 2.91. The normalized spacial score (nSPS) is 19.0. The molecule has 102 valence electrons. The highest BCUT2D eigenvalue weighted by Gasteiger charge is 2.30. The van der Waals surface area contributed by atoms with Crippen molar-refractivity contribution < 1.29 is 5.11 Å². The molecule has 0 saturated heterocycles. The number of aliphatic hydroxyl groups is 1. The van der Waals surface area contributed by atoms with E-state index in [-0.39, 0.29) is 5.41 Å². The third kappa shape index (κ3) is 3.33. The van der Waals surface area contributed by atoms with Gasteiger partial charge < -0.3 is 10.4 Å². The molecule has 0 unspecified atom stereocenters. The number of hydrogen-bond donors (Lipinski definition) is 2. The zero-order valence-electron chi connectivity index (χ0n) is 11.4. The lowest BCUT2D eigenvalue weighted by Crippen LogP contribution is -2.39. The molecule has 0 bridgehead atoms. The summed E-state index contributed by atoms with van der Waals surface area (Å²) in [5, 5.41) is 17.3. The quantitative estimate of drug-likeness (QED) is 0.753. The molecule has 0 radical (unpaired) electrons. The van der Waals surface area contributed by atoms with E-state index in [2.05, 4.69) is 16.5 Å². The number of nitrogens with zero attached hydrogens (tertiary/aromatic N) is 2. The highest BCUT2D eigenvalue weighted by Crippen LogP contribution is 2.35. The summed E-state index contributed by atoms with van der Waals surface area (Å²) in [6.07, 6.45) is 9.04. The fraction of sp³-hybridized carbons (Fsp3) is 0.786. The number of rotatable bonds is 6. The average Bonchev–Trinajstić information content (AvgIpc) is 2.82. The Morgan fingerprint density at radius 2 is 2.17 bits per heavy atom. The number of nitrogens with one attached hydrogen (secondary N) is 1. The molecule has 2 rings (SSSR count). The van der Waals surface area contributed by atoms with E-state index in [1.165, 1.54) is 37.8 Å². The van der Waals surface area contributed by atoms with Crippen LogP contribution in [0.5, 0.6) is 0 Å². The van der Waals surface area contributed by atoms with Gasteiger partial charge in [-0.1, -0.05) is 19.3 Å². The van der Waals surface area contributed by atoms with Crippen LogP contribution >= 0.6 is 0 Å². The van der Waals surface area contributed by atoms with Gasteiger partial charge in [0.2, 0.25) is 0 Å². The van der Waals surface area contributed by atoms with Crippen molar-refractivity contribution in [2.24, 2.45) is 12.5 Å². The molecule has 1 aliphatic carbocycles. The second-order valence-electron chi connectivity index (χ2n) is 5.59. The monoisotopic (exact) mass is 251 g/mol. The SMILES string of the molecule is Cn1nccc1CCNCC1(CO)CCCCC1. The summed E-state index contributed by atoms with van der Waals surface area (Å²) in [6, 6.07) is 2.06. The Balaban J connectivity index is 1.72. The number of hydrogen-bond acceptors (Lipinski definition) is 3. The molecule has 1 aromatic rings. The van der Waals surface area contributed by atoms with Crippen molar-refractivity contribution in [1.29, 1.82) is 0 Å². The van der Waals surface area contributed by atoms with Gasteiger partial charge in [0.25, 0.3) is 0 Å². The Labute approximate surface area is 109 Å². The van der Waals surface area contributed by atoms with E-state index in [0.29, 0.717) is 6.61 Å². The summed E-state index contributed by atoms with van der Waals surface area (Å²) in [5.41, 5.74) is 1.40. The van der Waals surface area contributed by atoms with Crippen molar-refractivity contribution >= 4 is 0 Å². The number of aromatic nitrogens is 2. The van der Waals surface area contributed by atoms with Gasteiger partial charge in [-0.2, -0.15) is 5.10 Å². The summed E-state index contributed by atoms with van der Waals surface area (Å²) in [4.78, 5) is 0. The molecule has 0 aliphatic heterocycles. The Morgan fingerprint density at radius 1 is 1.39 bits per heavy atom. The van der Waals surface area contributed by atoms with E-state index in [9.17, 15) is 5.11 Å². The lowest BCUT2D eigenvalue weighted by molar-refractivity contribution is 0.0816. The lowest BCUT2D eigenvalue weighted by atomic mass is 9.74. The van der Waals surface area contributed by atoms with Gasteiger partial charge in [-0.25, -0.2) is 0 Å². The maximum absolute atomic E-state index is 9.61. The van der Waals surface area contributed by atoms with E-state index in [1.54, 1.807) is 0 Å². The van der Waals surface area contributed by atoms with Crippen molar-refractivity contribution in [2.45, 2.75) is 38.5 Å². The van der Waals surface area contributed by atoms with Crippen LogP contribution in [0.15, 0.2) is 12.3 Å². The van der Waals surface area contributed by atoms with Gasteiger partial charge >= 0.3 is 0 Å². The minimum absolute atomic E-state index is 0.144. The maximum atomic E-state index is 9.61. The first-order valence-electron chi connectivity index (χ1n) is 7.04. The van der Waals surface area contributed by atoms with E-state index in [4.69, 9.17) is 0 Å². The van der Waals surface area contributed by atoms with Crippen molar-refractivity contribution in [3.8, 4) is 0 Å². The van der Waals surface area contributed by atoms with Crippen molar-refractivity contribution in [3.63, 3.8) is 0 Å². The molecule has 4 heteroatoms. The minimum Gasteiger partial charge on any atom is -0.396 e. The van der Waals surface area contributed by atoms with Crippen molar-refractivity contribution in [3.05, 3.63) is 18.0 Å². The molecule has 1 aliphatic rings. The van der Waals surface area contributed by atoms with Crippen LogP contribution in [0.1, 0.15) is 37.8 Å². The van der Waals surface area contributed by atoms with E-state index < -0.39 is 0 Å². The van der Waals surface area contributed by atoms with Gasteiger partial charge in [0.1, 0.15) is 0 Å². The molecule has 1 heterocycles. The third-order valence-electron chi connectivity index (χ3n) is 4.23. The molecule has 4 nitrogen and oxygen atoms in total. The van der Waals surface area contributed by atoms with Gasteiger partial charge in [0.05, 0.1) is 0 Å². The summed E-state index contributed by atoms with van der Waals surface area (Å²) >= 11 is 0. The number of aryl methyl sites for hydroxylation is 1. The summed E-state index contributed by atoms with van der Waals surface area (Å²) in [5.74, 6) is 0. The smallest absolute Gasteiger partial charge is 0.0499 e. The van der Waals surface area contributed by atoms with Gasteiger partial charge in [-0.05, 0) is 18.9 Å². The zero-order valence-corrected chi connectivity index (χ0v) is 11.4. The van der Waals surface area contributed by atoms with E-state index in [0.717, 1.165) is 19.5 Å². The Morgan fingerprint density at radius 3 is 2.78 bits per heavy atom. The van der Waals surface area contributed by atoms with E-state index >= 15 is 0 Å². The van der Waals surface area contributed by atoms with Gasteiger partial charge in [0, 0.05) is 50.5 Å². The average molecular weight is 251 g/mol. The largest absolute Gasteiger partial charge is 0.396 e. The zero-order chi connectivity index (χ0) is 12.8. The summed E-state index contributed by atoms with van der Waals surface area (Å²) < 4.78 is 1.92. The molecule has 18 heavy (non-hydrogen) atoms.